The number of benzene rings is 1. The van der Waals surface area contributed by atoms with E-state index in [1.807, 2.05) is 36.1 Å². The molecule has 0 aliphatic carbocycles. The average Bonchev–Trinajstić information content (AvgIpc) is 2.70. The van der Waals surface area contributed by atoms with Crippen LogP contribution in [0.1, 0.15) is 45.3 Å². The van der Waals surface area contributed by atoms with Crippen LogP contribution in [0.15, 0.2) is 24.3 Å². The maximum atomic E-state index is 12.4. The third-order valence-corrected chi connectivity index (χ3v) is 4.08. The summed E-state index contributed by atoms with van der Waals surface area (Å²) in [5.41, 5.74) is 1.09. The van der Waals surface area contributed by atoms with Gasteiger partial charge in [-0.2, -0.15) is 0 Å². The molecule has 1 N–H and O–H groups in total. The first-order valence-electron chi connectivity index (χ1n) is 6.92. The molecule has 1 saturated heterocycles. The molecule has 3 nitrogen and oxygen atoms in total. The lowest BCUT2D eigenvalue weighted by Crippen LogP contribution is -2.39. The molecule has 2 unspecified atom stereocenters. The van der Waals surface area contributed by atoms with Gasteiger partial charge in [-0.25, -0.2) is 0 Å². The van der Waals surface area contributed by atoms with E-state index in [9.17, 15) is 4.79 Å². The van der Waals surface area contributed by atoms with Gasteiger partial charge in [-0.05, 0) is 37.5 Å². The van der Waals surface area contributed by atoms with Gasteiger partial charge in [0.15, 0.2) is 0 Å². The Morgan fingerprint density at radius 2 is 1.84 bits per heavy atom. The highest BCUT2D eigenvalue weighted by atomic mass is 35.5. The summed E-state index contributed by atoms with van der Waals surface area (Å²) in [6.45, 7) is 6.18. The standard InChI is InChI=1S/C15H21ClN2O/c1-4-13(5-2)18-14(17-10(3)15(18)19)11-6-8-12(16)9-7-11/h6-10,13-14,17H,4-5H2,1-3H3. The molecule has 2 rings (SSSR count). The van der Waals surface area contributed by atoms with Gasteiger partial charge in [-0.1, -0.05) is 37.6 Å². The van der Waals surface area contributed by atoms with Crippen molar-refractivity contribution >= 4 is 17.5 Å². The fourth-order valence-corrected chi connectivity index (χ4v) is 2.84. The van der Waals surface area contributed by atoms with Gasteiger partial charge in [0.2, 0.25) is 5.91 Å². The smallest absolute Gasteiger partial charge is 0.241 e. The van der Waals surface area contributed by atoms with E-state index in [0.29, 0.717) is 0 Å². The second-order valence-corrected chi connectivity index (χ2v) is 5.49. The summed E-state index contributed by atoms with van der Waals surface area (Å²) in [5, 5.41) is 4.09. The van der Waals surface area contributed by atoms with Crippen LogP contribution in [0, 0.1) is 0 Å². The van der Waals surface area contributed by atoms with Crippen molar-refractivity contribution in [1.82, 2.24) is 10.2 Å². The predicted octanol–water partition coefficient (Wildman–Crippen LogP) is 3.35. The Labute approximate surface area is 119 Å². The van der Waals surface area contributed by atoms with Crippen molar-refractivity contribution in [1.29, 1.82) is 0 Å². The summed E-state index contributed by atoms with van der Waals surface area (Å²) in [6.07, 6.45) is 1.91. The van der Waals surface area contributed by atoms with Gasteiger partial charge in [0, 0.05) is 11.1 Å². The second-order valence-electron chi connectivity index (χ2n) is 5.06. The SMILES string of the molecule is CCC(CC)N1C(=O)C(C)NC1c1ccc(Cl)cc1. The van der Waals surface area contributed by atoms with Gasteiger partial charge >= 0.3 is 0 Å². The summed E-state index contributed by atoms with van der Waals surface area (Å²) in [4.78, 5) is 14.3. The maximum absolute atomic E-state index is 12.4. The van der Waals surface area contributed by atoms with Gasteiger partial charge in [-0.15, -0.1) is 0 Å². The summed E-state index contributed by atoms with van der Waals surface area (Å²) in [6, 6.07) is 7.88. The Hall–Kier alpha value is -1.06. The maximum Gasteiger partial charge on any atom is 0.241 e. The topological polar surface area (TPSA) is 32.3 Å². The summed E-state index contributed by atoms with van der Waals surface area (Å²) in [5.74, 6) is 0.189. The first kappa shape index (κ1) is 14.4. The van der Waals surface area contributed by atoms with Crippen LogP contribution in [0.2, 0.25) is 5.02 Å². The van der Waals surface area contributed by atoms with Crippen LogP contribution in [0.3, 0.4) is 0 Å². The monoisotopic (exact) mass is 280 g/mol. The fourth-order valence-electron chi connectivity index (χ4n) is 2.71. The molecule has 4 heteroatoms. The Morgan fingerprint density at radius 3 is 2.37 bits per heavy atom. The Kier molecular flexibility index (Phi) is 4.48. The molecule has 1 aliphatic heterocycles. The molecule has 1 fully saturated rings. The van der Waals surface area contributed by atoms with Gasteiger partial charge in [-0.3, -0.25) is 10.1 Å². The van der Waals surface area contributed by atoms with Crippen molar-refractivity contribution < 1.29 is 4.79 Å². The number of amides is 1. The zero-order valence-electron chi connectivity index (χ0n) is 11.7. The van der Waals surface area contributed by atoms with E-state index in [1.165, 1.54) is 0 Å². The minimum atomic E-state index is -0.124. The van der Waals surface area contributed by atoms with E-state index < -0.39 is 0 Å². The minimum absolute atomic E-state index is 0.0373. The minimum Gasteiger partial charge on any atom is -0.319 e. The highest BCUT2D eigenvalue weighted by Gasteiger charge is 2.39. The highest BCUT2D eigenvalue weighted by molar-refractivity contribution is 6.30. The molecule has 1 heterocycles. The molecule has 0 spiro atoms. The quantitative estimate of drug-likeness (QED) is 0.917. The Balaban J connectivity index is 2.31. The summed E-state index contributed by atoms with van der Waals surface area (Å²) in [7, 11) is 0. The molecular weight excluding hydrogens is 260 g/mol. The molecule has 0 aromatic heterocycles. The fraction of sp³-hybridized carbons (Fsp3) is 0.533. The first-order valence-corrected chi connectivity index (χ1v) is 7.30. The van der Waals surface area contributed by atoms with Crippen LogP contribution in [0.25, 0.3) is 0 Å². The summed E-state index contributed by atoms with van der Waals surface area (Å²) < 4.78 is 0. The summed E-state index contributed by atoms with van der Waals surface area (Å²) >= 11 is 5.93. The average molecular weight is 281 g/mol. The number of nitrogens with one attached hydrogen (secondary N) is 1. The Bertz CT molecular complexity index is 442. The zero-order chi connectivity index (χ0) is 14.0. The molecule has 19 heavy (non-hydrogen) atoms. The van der Waals surface area contributed by atoms with E-state index in [0.717, 1.165) is 23.4 Å². The third-order valence-electron chi connectivity index (χ3n) is 3.83. The van der Waals surface area contributed by atoms with Crippen LogP contribution >= 0.6 is 11.6 Å². The van der Waals surface area contributed by atoms with Crippen LogP contribution < -0.4 is 5.32 Å². The molecule has 1 aromatic rings. The Morgan fingerprint density at radius 1 is 1.26 bits per heavy atom. The van der Waals surface area contributed by atoms with E-state index in [4.69, 9.17) is 11.6 Å². The second kappa shape index (κ2) is 5.93. The molecule has 1 aromatic carbocycles. The van der Waals surface area contributed by atoms with Crippen molar-refractivity contribution in [3.8, 4) is 0 Å². The lowest BCUT2D eigenvalue weighted by molar-refractivity contribution is -0.132. The molecule has 104 valence electrons. The van der Waals surface area contributed by atoms with Gasteiger partial charge in [0.05, 0.1) is 6.04 Å². The van der Waals surface area contributed by atoms with E-state index in [1.54, 1.807) is 0 Å². The number of carbonyl (C=O) groups excluding carboxylic acids is 1. The third kappa shape index (κ3) is 2.77. The van der Waals surface area contributed by atoms with Gasteiger partial charge in [0.1, 0.15) is 6.17 Å². The molecule has 1 amide bonds. The van der Waals surface area contributed by atoms with Crippen molar-refractivity contribution in [2.24, 2.45) is 0 Å². The van der Waals surface area contributed by atoms with Crippen LogP contribution in [-0.2, 0) is 4.79 Å². The molecule has 1 aliphatic rings. The molecule has 2 atom stereocenters. The zero-order valence-corrected chi connectivity index (χ0v) is 12.4. The molecule has 0 bridgehead atoms. The lowest BCUT2D eigenvalue weighted by atomic mass is 10.1. The number of rotatable bonds is 4. The lowest BCUT2D eigenvalue weighted by Gasteiger charge is -2.32. The van der Waals surface area contributed by atoms with Crippen LogP contribution in [-0.4, -0.2) is 22.9 Å². The van der Waals surface area contributed by atoms with E-state index in [-0.39, 0.29) is 24.2 Å². The number of hydrogen-bond donors (Lipinski definition) is 1. The van der Waals surface area contributed by atoms with Crippen molar-refractivity contribution in [3.05, 3.63) is 34.9 Å². The molecule has 0 saturated carbocycles. The molecule has 0 radical (unpaired) electrons. The van der Waals surface area contributed by atoms with Crippen molar-refractivity contribution in [3.63, 3.8) is 0 Å². The number of nitrogens with zero attached hydrogens (tertiary/aromatic N) is 1. The van der Waals surface area contributed by atoms with E-state index >= 15 is 0 Å². The molecular formula is C15H21ClN2O. The van der Waals surface area contributed by atoms with Gasteiger partial charge < -0.3 is 4.90 Å². The number of carbonyl (C=O) groups is 1. The highest BCUT2D eigenvalue weighted by Crippen LogP contribution is 2.30. The largest absolute Gasteiger partial charge is 0.319 e. The normalized spacial score (nSPS) is 23.4. The van der Waals surface area contributed by atoms with Crippen LogP contribution in [0.5, 0.6) is 0 Å². The van der Waals surface area contributed by atoms with Crippen molar-refractivity contribution in [2.45, 2.75) is 51.9 Å². The predicted molar refractivity (Wildman–Crippen MR) is 78.0 cm³/mol. The van der Waals surface area contributed by atoms with Crippen LogP contribution in [0.4, 0.5) is 0 Å². The van der Waals surface area contributed by atoms with E-state index in [2.05, 4.69) is 19.2 Å². The number of halogens is 1. The van der Waals surface area contributed by atoms with Gasteiger partial charge in [0.25, 0.3) is 0 Å². The number of hydrogen-bond acceptors (Lipinski definition) is 2. The van der Waals surface area contributed by atoms with Crippen molar-refractivity contribution in [2.75, 3.05) is 0 Å². The first-order chi connectivity index (χ1) is 9.08.